The Kier molecular flexibility index (Phi) is 4.59. The van der Waals surface area contributed by atoms with Gasteiger partial charge in [0, 0.05) is 6.54 Å². The van der Waals surface area contributed by atoms with Crippen LogP contribution in [0.3, 0.4) is 0 Å². The van der Waals surface area contributed by atoms with Crippen molar-refractivity contribution in [3.63, 3.8) is 0 Å². The molecule has 1 fully saturated rings. The Hall–Kier alpha value is -2.11. The molecule has 0 aliphatic carbocycles. The summed E-state index contributed by atoms with van der Waals surface area (Å²) in [6.07, 6.45) is 1.93. The van der Waals surface area contributed by atoms with E-state index in [2.05, 4.69) is 6.07 Å². The summed E-state index contributed by atoms with van der Waals surface area (Å²) in [5, 5.41) is 1.52. The number of likely N-dealkylation sites (tertiary alicyclic amines) is 1. The molecule has 128 valence electrons. The van der Waals surface area contributed by atoms with Crippen LogP contribution in [0.15, 0.2) is 48.5 Å². The van der Waals surface area contributed by atoms with Gasteiger partial charge in [0.15, 0.2) is 6.61 Å². The van der Waals surface area contributed by atoms with E-state index >= 15 is 0 Å². The van der Waals surface area contributed by atoms with Gasteiger partial charge in [0.2, 0.25) is 0 Å². The number of nitrogens with zero attached hydrogens (tertiary/aromatic N) is 2. The van der Waals surface area contributed by atoms with Gasteiger partial charge in [-0.15, -0.1) is 11.3 Å². The third-order valence-electron chi connectivity index (χ3n) is 4.36. The maximum atomic E-state index is 12.7. The number of thiazole rings is 1. The molecule has 2 aromatic carbocycles. The number of aromatic nitrogens is 1. The van der Waals surface area contributed by atoms with Gasteiger partial charge < -0.3 is 9.64 Å². The van der Waals surface area contributed by atoms with E-state index in [9.17, 15) is 4.79 Å². The summed E-state index contributed by atoms with van der Waals surface area (Å²) >= 11 is 7.74. The molecule has 4 rings (SSSR count). The van der Waals surface area contributed by atoms with Crippen LogP contribution in [0.25, 0.3) is 10.2 Å². The molecule has 2 heterocycles. The maximum Gasteiger partial charge on any atom is 0.261 e. The van der Waals surface area contributed by atoms with Gasteiger partial charge in [-0.2, -0.15) is 0 Å². The maximum absolute atomic E-state index is 12.7. The van der Waals surface area contributed by atoms with E-state index in [0.29, 0.717) is 10.8 Å². The van der Waals surface area contributed by atoms with Crippen molar-refractivity contribution in [1.82, 2.24) is 9.88 Å². The largest absolute Gasteiger partial charge is 0.482 e. The van der Waals surface area contributed by atoms with Gasteiger partial charge in [0.05, 0.1) is 21.3 Å². The normalized spacial score (nSPS) is 17.2. The number of carbonyl (C=O) groups excluding carboxylic acids is 1. The first kappa shape index (κ1) is 16.4. The van der Waals surface area contributed by atoms with Gasteiger partial charge >= 0.3 is 0 Å². The monoisotopic (exact) mass is 372 g/mol. The third kappa shape index (κ3) is 3.34. The van der Waals surface area contributed by atoms with Crippen molar-refractivity contribution >= 4 is 39.1 Å². The molecule has 0 unspecified atom stereocenters. The van der Waals surface area contributed by atoms with E-state index in [1.807, 2.05) is 35.2 Å². The van der Waals surface area contributed by atoms with E-state index in [0.717, 1.165) is 34.6 Å². The predicted octanol–water partition coefficient (Wildman–Crippen LogP) is 4.69. The first-order chi connectivity index (χ1) is 12.2. The van der Waals surface area contributed by atoms with Crippen LogP contribution in [-0.4, -0.2) is 28.9 Å². The smallest absolute Gasteiger partial charge is 0.261 e. The molecule has 1 aliphatic heterocycles. The van der Waals surface area contributed by atoms with Crippen LogP contribution in [0.4, 0.5) is 0 Å². The number of hydrogen-bond donors (Lipinski definition) is 0. The zero-order valence-electron chi connectivity index (χ0n) is 13.5. The van der Waals surface area contributed by atoms with Crippen molar-refractivity contribution in [3.8, 4) is 5.75 Å². The van der Waals surface area contributed by atoms with E-state index in [1.54, 1.807) is 23.5 Å². The van der Waals surface area contributed by atoms with Crippen LogP contribution in [-0.2, 0) is 4.79 Å². The Morgan fingerprint density at radius 1 is 1.24 bits per heavy atom. The molecule has 0 N–H and O–H groups in total. The number of fused-ring (bicyclic) bond motifs is 1. The summed E-state index contributed by atoms with van der Waals surface area (Å²) in [4.78, 5) is 19.3. The van der Waals surface area contributed by atoms with Crippen LogP contribution in [0.1, 0.15) is 23.9 Å². The van der Waals surface area contributed by atoms with E-state index in [-0.39, 0.29) is 18.6 Å². The second kappa shape index (κ2) is 7.02. The van der Waals surface area contributed by atoms with Gasteiger partial charge in [0.25, 0.3) is 5.91 Å². The molecule has 1 aromatic heterocycles. The van der Waals surface area contributed by atoms with Crippen LogP contribution >= 0.6 is 22.9 Å². The molecule has 1 aliphatic rings. The highest BCUT2D eigenvalue weighted by Gasteiger charge is 2.32. The van der Waals surface area contributed by atoms with Crippen LogP contribution in [0, 0.1) is 0 Å². The number of para-hydroxylation sites is 2. The fraction of sp³-hybridized carbons (Fsp3) is 0.263. The van der Waals surface area contributed by atoms with E-state index in [1.165, 1.54) is 0 Å². The van der Waals surface area contributed by atoms with Gasteiger partial charge in [-0.25, -0.2) is 4.98 Å². The van der Waals surface area contributed by atoms with Crippen molar-refractivity contribution in [2.45, 2.75) is 18.9 Å². The van der Waals surface area contributed by atoms with Crippen LogP contribution < -0.4 is 4.74 Å². The number of amides is 1. The first-order valence-corrected chi connectivity index (χ1v) is 9.44. The van der Waals surface area contributed by atoms with Crippen molar-refractivity contribution in [2.75, 3.05) is 13.2 Å². The fourth-order valence-electron chi connectivity index (χ4n) is 3.14. The SMILES string of the molecule is O=C(COc1ccccc1Cl)N1CCC[C@H]1c1nc2ccccc2s1. The summed E-state index contributed by atoms with van der Waals surface area (Å²) in [5.74, 6) is 0.509. The standard InChI is InChI=1S/C19H17ClN2O2S/c20-13-6-1-3-9-16(13)24-12-18(23)22-11-5-8-15(22)19-21-14-7-2-4-10-17(14)25-19/h1-4,6-7,9-10,15H,5,8,11-12H2/t15-/m0/s1. The van der Waals surface area contributed by atoms with Crippen LogP contribution in [0.5, 0.6) is 5.75 Å². The number of benzene rings is 2. The van der Waals surface area contributed by atoms with Gasteiger partial charge in [0.1, 0.15) is 10.8 Å². The van der Waals surface area contributed by atoms with Crippen LogP contribution in [0.2, 0.25) is 5.02 Å². The third-order valence-corrected chi connectivity index (χ3v) is 5.81. The Morgan fingerprint density at radius 2 is 2.04 bits per heavy atom. The molecule has 6 heteroatoms. The Balaban J connectivity index is 1.49. The highest BCUT2D eigenvalue weighted by molar-refractivity contribution is 7.18. The number of carbonyl (C=O) groups is 1. The summed E-state index contributed by atoms with van der Waals surface area (Å²) in [7, 11) is 0. The minimum atomic E-state index is -0.0262. The lowest BCUT2D eigenvalue weighted by Gasteiger charge is -2.23. The molecule has 0 spiro atoms. The lowest BCUT2D eigenvalue weighted by molar-refractivity contribution is -0.134. The van der Waals surface area contributed by atoms with E-state index in [4.69, 9.17) is 21.3 Å². The second-order valence-corrected chi connectivity index (χ2v) is 7.45. The average molecular weight is 373 g/mol. The molecular formula is C19H17ClN2O2S. The topological polar surface area (TPSA) is 42.4 Å². The molecule has 1 amide bonds. The predicted molar refractivity (Wildman–Crippen MR) is 100 cm³/mol. The molecule has 0 radical (unpaired) electrons. The zero-order chi connectivity index (χ0) is 17.2. The van der Waals surface area contributed by atoms with Gasteiger partial charge in [-0.1, -0.05) is 35.9 Å². The number of halogens is 1. The molecule has 3 aromatic rings. The summed E-state index contributed by atoms with van der Waals surface area (Å²) in [6.45, 7) is 0.733. The van der Waals surface area contributed by atoms with Crippen molar-refractivity contribution in [3.05, 3.63) is 58.6 Å². The minimum absolute atomic E-state index is 0.00880. The Morgan fingerprint density at radius 3 is 2.88 bits per heavy atom. The number of ether oxygens (including phenoxy) is 1. The fourth-order valence-corrected chi connectivity index (χ4v) is 4.44. The molecule has 1 saturated heterocycles. The van der Waals surface area contributed by atoms with E-state index < -0.39 is 0 Å². The van der Waals surface area contributed by atoms with Gasteiger partial charge in [-0.05, 0) is 37.1 Å². The molecule has 1 atom stereocenters. The molecule has 4 nitrogen and oxygen atoms in total. The number of hydrogen-bond acceptors (Lipinski definition) is 4. The first-order valence-electron chi connectivity index (χ1n) is 8.24. The average Bonchev–Trinajstić information content (AvgIpc) is 3.27. The van der Waals surface area contributed by atoms with Crippen molar-refractivity contribution in [2.24, 2.45) is 0 Å². The highest BCUT2D eigenvalue weighted by Crippen LogP contribution is 2.36. The summed E-state index contributed by atoms with van der Waals surface area (Å²) in [5.41, 5.74) is 0.995. The quantitative estimate of drug-likeness (QED) is 0.667. The van der Waals surface area contributed by atoms with Gasteiger partial charge in [-0.3, -0.25) is 4.79 Å². The summed E-state index contributed by atoms with van der Waals surface area (Å²) < 4.78 is 6.77. The minimum Gasteiger partial charge on any atom is -0.482 e. The molecule has 25 heavy (non-hydrogen) atoms. The lowest BCUT2D eigenvalue weighted by atomic mass is 10.2. The summed E-state index contributed by atoms with van der Waals surface area (Å²) in [6, 6.07) is 15.3. The zero-order valence-corrected chi connectivity index (χ0v) is 15.1. The highest BCUT2D eigenvalue weighted by atomic mass is 35.5. The molecule has 0 saturated carbocycles. The second-order valence-electron chi connectivity index (χ2n) is 5.98. The molecule has 0 bridgehead atoms. The Bertz CT molecular complexity index is 878. The van der Waals surface area contributed by atoms with Crippen molar-refractivity contribution < 1.29 is 9.53 Å². The number of rotatable bonds is 4. The lowest BCUT2D eigenvalue weighted by Crippen LogP contribution is -2.34. The Labute approximate surface area is 155 Å². The molecular weight excluding hydrogens is 356 g/mol. The van der Waals surface area contributed by atoms with Crippen molar-refractivity contribution in [1.29, 1.82) is 0 Å².